The quantitative estimate of drug-likeness (QED) is 0.870. The Morgan fingerprint density at radius 1 is 1.37 bits per heavy atom. The van der Waals surface area contributed by atoms with Gasteiger partial charge >= 0.3 is 0 Å². The molecule has 1 aromatic rings. The zero-order valence-electron chi connectivity index (χ0n) is 11.4. The molecule has 1 aromatic carbocycles. The average Bonchev–Trinajstić information content (AvgIpc) is 2.46. The van der Waals surface area contributed by atoms with E-state index in [1.807, 2.05) is 18.2 Å². The Morgan fingerprint density at radius 2 is 2.11 bits per heavy atom. The van der Waals surface area contributed by atoms with E-state index in [2.05, 4.69) is 21.2 Å². The Morgan fingerprint density at radius 3 is 2.74 bits per heavy atom. The maximum absolute atomic E-state index is 9.69. The summed E-state index contributed by atoms with van der Waals surface area (Å²) in [5, 5.41) is 13.3. The van der Waals surface area contributed by atoms with E-state index in [4.69, 9.17) is 4.74 Å². The van der Waals surface area contributed by atoms with Gasteiger partial charge in [0.05, 0.1) is 19.8 Å². The van der Waals surface area contributed by atoms with Gasteiger partial charge < -0.3 is 15.2 Å². The third-order valence-electron chi connectivity index (χ3n) is 3.79. The van der Waals surface area contributed by atoms with E-state index in [-0.39, 0.29) is 12.6 Å². The highest BCUT2D eigenvalue weighted by atomic mass is 79.9. The number of benzene rings is 1. The lowest BCUT2D eigenvalue weighted by Gasteiger charge is -2.28. The summed E-state index contributed by atoms with van der Waals surface area (Å²) in [6, 6.07) is 6.36. The van der Waals surface area contributed by atoms with Gasteiger partial charge in [-0.1, -0.05) is 35.2 Å². The minimum atomic E-state index is -0.0597. The van der Waals surface area contributed by atoms with E-state index >= 15 is 0 Å². The van der Waals surface area contributed by atoms with E-state index < -0.39 is 0 Å². The lowest BCUT2D eigenvalue weighted by atomic mass is 9.94. The molecular weight excluding hydrogens is 306 g/mol. The molecule has 0 radical (unpaired) electrons. The number of ether oxygens (including phenoxy) is 1. The van der Waals surface area contributed by atoms with E-state index in [9.17, 15) is 5.11 Å². The standard InChI is InChI=1S/C15H22BrNO2/c1-19-15-8-7-11(16)9-13(15)14(10-18)17-12-5-3-2-4-6-12/h7-9,12,14,17-18H,2-6,10H2,1H3. The van der Waals surface area contributed by atoms with Crippen molar-refractivity contribution in [1.29, 1.82) is 0 Å². The lowest BCUT2D eigenvalue weighted by molar-refractivity contribution is 0.217. The smallest absolute Gasteiger partial charge is 0.123 e. The summed E-state index contributed by atoms with van der Waals surface area (Å²) in [5.74, 6) is 0.825. The van der Waals surface area contributed by atoms with Crippen LogP contribution in [-0.4, -0.2) is 24.9 Å². The van der Waals surface area contributed by atoms with Crippen molar-refractivity contribution >= 4 is 15.9 Å². The summed E-state index contributed by atoms with van der Waals surface area (Å²) in [6.45, 7) is 0.0866. The van der Waals surface area contributed by atoms with Crippen LogP contribution in [0.5, 0.6) is 5.75 Å². The number of halogens is 1. The monoisotopic (exact) mass is 327 g/mol. The maximum Gasteiger partial charge on any atom is 0.123 e. The van der Waals surface area contributed by atoms with Gasteiger partial charge in [0.2, 0.25) is 0 Å². The van der Waals surface area contributed by atoms with E-state index in [1.165, 1.54) is 32.1 Å². The molecule has 0 bridgehead atoms. The van der Waals surface area contributed by atoms with Crippen molar-refractivity contribution in [2.75, 3.05) is 13.7 Å². The highest BCUT2D eigenvalue weighted by molar-refractivity contribution is 9.10. The second-order valence-electron chi connectivity index (χ2n) is 5.12. The van der Waals surface area contributed by atoms with Crippen LogP contribution < -0.4 is 10.1 Å². The van der Waals surface area contributed by atoms with Gasteiger partial charge in [0.15, 0.2) is 0 Å². The minimum Gasteiger partial charge on any atom is -0.496 e. The van der Waals surface area contributed by atoms with Gasteiger partial charge in [-0.3, -0.25) is 0 Å². The zero-order valence-corrected chi connectivity index (χ0v) is 12.9. The molecule has 0 heterocycles. The van der Waals surface area contributed by atoms with Crippen LogP contribution in [0.3, 0.4) is 0 Å². The molecule has 0 saturated heterocycles. The van der Waals surface area contributed by atoms with Crippen molar-refractivity contribution in [1.82, 2.24) is 5.32 Å². The van der Waals surface area contributed by atoms with Crippen LogP contribution >= 0.6 is 15.9 Å². The summed E-state index contributed by atoms with van der Waals surface area (Å²) in [7, 11) is 1.67. The molecule has 1 aliphatic rings. The van der Waals surface area contributed by atoms with Crippen LogP contribution in [0.4, 0.5) is 0 Å². The molecule has 0 aromatic heterocycles. The van der Waals surface area contributed by atoms with Crippen LogP contribution in [0.2, 0.25) is 0 Å². The molecule has 1 aliphatic carbocycles. The molecule has 0 spiro atoms. The molecule has 1 unspecified atom stereocenters. The van der Waals surface area contributed by atoms with Crippen LogP contribution in [0.15, 0.2) is 22.7 Å². The number of hydrogen-bond acceptors (Lipinski definition) is 3. The number of nitrogens with one attached hydrogen (secondary N) is 1. The molecule has 0 amide bonds. The first-order valence-electron chi connectivity index (χ1n) is 6.95. The predicted molar refractivity (Wildman–Crippen MR) is 80.5 cm³/mol. The van der Waals surface area contributed by atoms with Gasteiger partial charge in [0, 0.05) is 16.1 Å². The number of aliphatic hydroxyl groups excluding tert-OH is 1. The Hall–Kier alpha value is -0.580. The summed E-state index contributed by atoms with van der Waals surface area (Å²) in [6.07, 6.45) is 6.30. The van der Waals surface area contributed by atoms with Crippen molar-refractivity contribution in [2.24, 2.45) is 0 Å². The number of aliphatic hydroxyl groups is 1. The van der Waals surface area contributed by atoms with Crippen molar-refractivity contribution in [2.45, 2.75) is 44.2 Å². The van der Waals surface area contributed by atoms with Crippen molar-refractivity contribution < 1.29 is 9.84 Å². The van der Waals surface area contributed by atoms with E-state index in [0.29, 0.717) is 6.04 Å². The fourth-order valence-corrected chi connectivity index (χ4v) is 3.15. The topological polar surface area (TPSA) is 41.5 Å². The average molecular weight is 328 g/mol. The van der Waals surface area contributed by atoms with Crippen LogP contribution in [0.25, 0.3) is 0 Å². The Balaban J connectivity index is 2.13. The molecule has 1 fully saturated rings. The van der Waals surface area contributed by atoms with Crippen molar-refractivity contribution in [3.8, 4) is 5.75 Å². The first kappa shape index (κ1) is 14.8. The molecule has 0 aliphatic heterocycles. The molecule has 19 heavy (non-hydrogen) atoms. The Kier molecular flexibility index (Phi) is 5.67. The molecule has 106 valence electrons. The number of rotatable bonds is 5. The third-order valence-corrected chi connectivity index (χ3v) is 4.29. The highest BCUT2D eigenvalue weighted by Crippen LogP contribution is 2.30. The molecule has 3 nitrogen and oxygen atoms in total. The van der Waals surface area contributed by atoms with Crippen LogP contribution in [0, 0.1) is 0 Å². The predicted octanol–water partition coefficient (Wildman–Crippen LogP) is 3.41. The number of hydrogen-bond donors (Lipinski definition) is 2. The summed E-state index contributed by atoms with van der Waals surface area (Å²) >= 11 is 3.48. The zero-order chi connectivity index (χ0) is 13.7. The van der Waals surface area contributed by atoms with E-state index in [1.54, 1.807) is 7.11 Å². The van der Waals surface area contributed by atoms with Crippen LogP contribution in [0.1, 0.15) is 43.7 Å². The minimum absolute atomic E-state index is 0.0597. The second kappa shape index (κ2) is 7.27. The first-order valence-corrected chi connectivity index (χ1v) is 7.74. The molecule has 1 atom stereocenters. The first-order chi connectivity index (χ1) is 9.24. The van der Waals surface area contributed by atoms with E-state index in [0.717, 1.165) is 15.8 Å². The fraction of sp³-hybridized carbons (Fsp3) is 0.600. The molecule has 2 rings (SSSR count). The highest BCUT2D eigenvalue weighted by Gasteiger charge is 2.21. The van der Waals surface area contributed by atoms with Crippen molar-refractivity contribution in [3.05, 3.63) is 28.2 Å². The maximum atomic E-state index is 9.69. The number of methoxy groups -OCH3 is 1. The van der Waals surface area contributed by atoms with Crippen molar-refractivity contribution in [3.63, 3.8) is 0 Å². The fourth-order valence-electron chi connectivity index (χ4n) is 2.77. The second-order valence-corrected chi connectivity index (χ2v) is 6.04. The summed E-state index contributed by atoms with van der Waals surface area (Å²) < 4.78 is 6.41. The Labute approximate surface area is 123 Å². The van der Waals surface area contributed by atoms with Gasteiger partial charge in [-0.2, -0.15) is 0 Å². The summed E-state index contributed by atoms with van der Waals surface area (Å²) in [4.78, 5) is 0. The Bertz CT molecular complexity index is 405. The SMILES string of the molecule is COc1ccc(Br)cc1C(CO)NC1CCCCC1. The van der Waals surface area contributed by atoms with Gasteiger partial charge in [-0.05, 0) is 31.0 Å². The normalized spacial score (nSPS) is 18.3. The van der Waals surface area contributed by atoms with Gasteiger partial charge in [-0.15, -0.1) is 0 Å². The largest absolute Gasteiger partial charge is 0.496 e. The van der Waals surface area contributed by atoms with Crippen LogP contribution in [-0.2, 0) is 0 Å². The van der Waals surface area contributed by atoms with Gasteiger partial charge in [0.25, 0.3) is 0 Å². The summed E-state index contributed by atoms with van der Waals surface area (Å²) in [5.41, 5.74) is 1.02. The molecular formula is C15H22BrNO2. The third kappa shape index (κ3) is 3.94. The van der Waals surface area contributed by atoms with Gasteiger partial charge in [-0.25, -0.2) is 0 Å². The molecule has 2 N–H and O–H groups in total. The lowest BCUT2D eigenvalue weighted by Crippen LogP contribution is -2.36. The van der Waals surface area contributed by atoms with Gasteiger partial charge in [0.1, 0.15) is 5.75 Å². The molecule has 1 saturated carbocycles. The molecule has 4 heteroatoms.